The lowest BCUT2D eigenvalue weighted by atomic mass is 10.2. The average molecular weight is 244 g/mol. The van der Waals surface area contributed by atoms with E-state index in [1.165, 1.54) is 13.2 Å². The Labute approximate surface area is 97.1 Å². The number of benzene rings is 1. The number of ether oxygens (including phenoxy) is 2. The molecule has 17 heavy (non-hydrogen) atoms. The Kier molecular flexibility index (Phi) is 6.19. The molecule has 0 heterocycles. The molecule has 0 atom stereocenters. The van der Waals surface area contributed by atoms with E-state index in [0.29, 0.717) is 0 Å². The Hall–Kier alpha value is -2.22. The highest BCUT2D eigenvalue weighted by atomic mass is 16.6. The molecule has 0 N–H and O–H groups in total. The van der Waals surface area contributed by atoms with Crippen LogP contribution >= 0.6 is 0 Å². The first-order chi connectivity index (χ1) is 7.97. The number of nitro groups is 2. The van der Waals surface area contributed by atoms with E-state index in [1.54, 1.807) is 14.2 Å². The molecule has 0 aliphatic rings. The SMILES string of the molecule is COC.COc1ccc([N+](=O)[O-])cc1[N+](=O)[O-]. The molecule has 0 bridgehead atoms. The van der Waals surface area contributed by atoms with Gasteiger partial charge in [-0.15, -0.1) is 0 Å². The molecule has 0 fully saturated rings. The predicted molar refractivity (Wildman–Crippen MR) is 59.2 cm³/mol. The summed E-state index contributed by atoms with van der Waals surface area (Å²) < 4.78 is 8.93. The summed E-state index contributed by atoms with van der Waals surface area (Å²) in [5.41, 5.74) is -0.751. The first-order valence-corrected chi connectivity index (χ1v) is 4.34. The zero-order valence-electron chi connectivity index (χ0n) is 9.58. The van der Waals surface area contributed by atoms with Crippen molar-refractivity contribution < 1.29 is 19.3 Å². The van der Waals surface area contributed by atoms with Crippen LogP contribution < -0.4 is 4.74 Å². The summed E-state index contributed by atoms with van der Waals surface area (Å²) in [4.78, 5) is 19.3. The third-order valence-electron chi connectivity index (χ3n) is 1.57. The molecule has 1 rings (SSSR count). The average Bonchev–Trinajstić information content (AvgIpc) is 2.29. The first-order valence-electron chi connectivity index (χ1n) is 4.34. The molecule has 0 saturated heterocycles. The lowest BCUT2D eigenvalue weighted by Crippen LogP contribution is -1.95. The van der Waals surface area contributed by atoms with Gasteiger partial charge >= 0.3 is 5.69 Å². The van der Waals surface area contributed by atoms with Crippen LogP contribution in [0.5, 0.6) is 5.75 Å². The molecule has 1 aromatic carbocycles. The van der Waals surface area contributed by atoms with Gasteiger partial charge in [0.05, 0.1) is 23.0 Å². The first kappa shape index (κ1) is 14.8. The van der Waals surface area contributed by atoms with Crippen molar-refractivity contribution >= 4 is 11.4 Å². The molecule has 8 heteroatoms. The van der Waals surface area contributed by atoms with Crippen molar-refractivity contribution in [3.05, 3.63) is 38.4 Å². The Balaban J connectivity index is 0.000000770. The Morgan fingerprint density at radius 3 is 1.94 bits per heavy atom. The van der Waals surface area contributed by atoms with Crippen LogP contribution in [0, 0.1) is 20.2 Å². The molecule has 8 nitrogen and oxygen atoms in total. The van der Waals surface area contributed by atoms with Crippen molar-refractivity contribution in [1.82, 2.24) is 0 Å². The van der Waals surface area contributed by atoms with E-state index in [1.807, 2.05) is 0 Å². The van der Waals surface area contributed by atoms with Crippen LogP contribution in [0.15, 0.2) is 18.2 Å². The highest BCUT2D eigenvalue weighted by Crippen LogP contribution is 2.30. The van der Waals surface area contributed by atoms with Gasteiger partial charge in [-0.25, -0.2) is 0 Å². The van der Waals surface area contributed by atoms with Crippen molar-refractivity contribution in [1.29, 1.82) is 0 Å². The highest BCUT2D eigenvalue weighted by molar-refractivity contribution is 5.53. The minimum Gasteiger partial charge on any atom is -0.490 e. The standard InChI is InChI=1S/C7H6N2O5.C2H6O/c1-14-7-3-2-5(8(10)11)4-6(7)9(12)13;1-3-2/h2-4H,1H3;1-2H3. The van der Waals surface area contributed by atoms with E-state index in [2.05, 4.69) is 9.47 Å². The van der Waals surface area contributed by atoms with Crippen LogP contribution in [0.1, 0.15) is 0 Å². The third-order valence-corrected chi connectivity index (χ3v) is 1.57. The number of hydrogen-bond acceptors (Lipinski definition) is 6. The number of nitrogens with zero attached hydrogens (tertiary/aromatic N) is 2. The minimum absolute atomic E-state index is 0.000556. The zero-order valence-corrected chi connectivity index (χ0v) is 9.58. The number of rotatable bonds is 3. The predicted octanol–water partition coefficient (Wildman–Crippen LogP) is 1.77. The quantitative estimate of drug-likeness (QED) is 0.592. The van der Waals surface area contributed by atoms with E-state index in [0.717, 1.165) is 12.1 Å². The molecule has 0 aliphatic carbocycles. The summed E-state index contributed by atoms with van der Waals surface area (Å²) in [6, 6.07) is 3.20. The maximum absolute atomic E-state index is 10.5. The lowest BCUT2D eigenvalue weighted by molar-refractivity contribution is -0.394. The highest BCUT2D eigenvalue weighted by Gasteiger charge is 2.19. The second-order valence-corrected chi connectivity index (χ2v) is 2.78. The number of non-ortho nitro benzene ring substituents is 1. The fraction of sp³-hybridized carbons (Fsp3) is 0.333. The smallest absolute Gasteiger partial charge is 0.317 e. The molecule has 0 amide bonds. The van der Waals surface area contributed by atoms with Crippen LogP contribution in [-0.2, 0) is 4.74 Å². The van der Waals surface area contributed by atoms with Gasteiger partial charge in [-0.1, -0.05) is 0 Å². The Morgan fingerprint density at radius 1 is 1.06 bits per heavy atom. The molecule has 0 aliphatic heterocycles. The van der Waals surface area contributed by atoms with E-state index in [4.69, 9.17) is 0 Å². The summed E-state index contributed by atoms with van der Waals surface area (Å²) >= 11 is 0. The van der Waals surface area contributed by atoms with Crippen molar-refractivity contribution in [2.24, 2.45) is 0 Å². The van der Waals surface area contributed by atoms with Crippen molar-refractivity contribution in [3.63, 3.8) is 0 Å². The van der Waals surface area contributed by atoms with Gasteiger partial charge in [0.1, 0.15) is 0 Å². The normalized spacial score (nSPS) is 8.88. The zero-order chi connectivity index (χ0) is 13.4. The Bertz CT molecular complexity index is 406. The van der Waals surface area contributed by atoms with Crippen molar-refractivity contribution in [2.45, 2.75) is 0 Å². The van der Waals surface area contributed by atoms with Crippen LogP contribution in [0.2, 0.25) is 0 Å². The number of methoxy groups -OCH3 is 2. The van der Waals surface area contributed by atoms with Gasteiger partial charge < -0.3 is 9.47 Å². The van der Waals surface area contributed by atoms with E-state index in [-0.39, 0.29) is 11.4 Å². The van der Waals surface area contributed by atoms with Gasteiger partial charge in [0, 0.05) is 20.3 Å². The lowest BCUT2D eigenvalue weighted by Gasteiger charge is -1.99. The maximum Gasteiger partial charge on any atom is 0.317 e. The number of nitro benzene ring substituents is 2. The second-order valence-electron chi connectivity index (χ2n) is 2.78. The molecule has 0 unspecified atom stereocenters. The molecular formula is C9H12N2O6. The minimum atomic E-state index is -0.730. The Morgan fingerprint density at radius 2 is 1.59 bits per heavy atom. The largest absolute Gasteiger partial charge is 0.490 e. The molecular weight excluding hydrogens is 232 g/mol. The van der Waals surface area contributed by atoms with Gasteiger partial charge in [0.2, 0.25) is 0 Å². The van der Waals surface area contributed by atoms with Crippen LogP contribution in [0.3, 0.4) is 0 Å². The van der Waals surface area contributed by atoms with Crippen molar-refractivity contribution in [3.8, 4) is 5.75 Å². The maximum atomic E-state index is 10.5. The number of hydrogen-bond donors (Lipinski definition) is 0. The summed E-state index contributed by atoms with van der Waals surface area (Å²) in [6.07, 6.45) is 0. The van der Waals surface area contributed by atoms with Crippen LogP contribution in [0.4, 0.5) is 11.4 Å². The van der Waals surface area contributed by atoms with Gasteiger partial charge in [0.25, 0.3) is 5.69 Å². The molecule has 0 radical (unpaired) electrons. The van der Waals surface area contributed by atoms with Crippen LogP contribution in [-0.4, -0.2) is 31.2 Å². The fourth-order valence-electron chi connectivity index (χ4n) is 0.935. The topological polar surface area (TPSA) is 105 Å². The van der Waals surface area contributed by atoms with Gasteiger partial charge in [-0.2, -0.15) is 0 Å². The second kappa shape index (κ2) is 7.12. The fourth-order valence-corrected chi connectivity index (χ4v) is 0.935. The molecule has 0 aromatic heterocycles. The van der Waals surface area contributed by atoms with Gasteiger partial charge in [0.15, 0.2) is 5.75 Å². The summed E-state index contributed by atoms with van der Waals surface area (Å²) in [5.74, 6) is 0.000556. The molecule has 94 valence electrons. The van der Waals surface area contributed by atoms with E-state index >= 15 is 0 Å². The molecule has 0 saturated carbocycles. The van der Waals surface area contributed by atoms with E-state index in [9.17, 15) is 20.2 Å². The monoisotopic (exact) mass is 244 g/mol. The van der Waals surface area contributed by atoms with Crippen LogP contribution in [0.25, 0.3) is 0 Å². The van der Waals surface area contributed by atoms with Gasteiger partial charge in [-0.05, 0) is 6.07 Å². The molecule has 0 spiro atoms. The van der Waals surface area contributed by atoms with E-state index < -0.39 is 15.5 Å². The molecule has 1 aromatic rings. The summed E-state index contributed by atoms with van der Waals surface area (Å²) in [6.45, 7) is 0. The summed E-state index contributed by atoms with van der Waals surface area (Å²) in [5, 5.41) is 20.8. The van der Waals surface area contributed by atoms with Crippen molar-refractivity contribution in [2.75, 3.05) is 21.3 Å². The third kappa shape index (κ3) is 4.43. The van der Waals surface area contributed by atoms with Gasteiger partial charge in [-0.3, -0.25) is 20.2 Å². The summed E-state index contributed by atoms with van der Waals surface area (Å²) in [7, 11) is 4.51.